The van der Waals surface area contributed by atoms with Gasteiger partial charge in [0.25, 0.3) is 0 Å². The van der Waals surface area contributed by atoms with Crippen LogP contribution < -0.4 is 0 Å². The molecule has 10 aromatic rings. The van der Waals surface area contributed by atoms with Crippen LogP contribution in [0.25, 0.3) is 93.0 Å². The van der Waals surface area contributed by atoms with Crippen molar-refractivity contribution in [3.63, 3.8) is 0 Å². The molecule has 1 aliphatic rings. The van der Waals surface area contributed by atoms with Gasteiger partial charge in [0.05, 0.1) is 27.4 Å². The first-order valence-corrected chi connectivity index (χ1v) is 19.2. The quantitative estimate of drug-likeness (QED) is 0.181. The summed E-state index contributed by atoms with van der Waals surface area (Å²) in [4.78, 5) is 14.8. The van der Waals surface area contributed by atoms with Gasteiger partial charge in [-0.2, -0.15) is 5.26 Å². The molecule has 0 N–H and O–H groups in total. The Kier molecular flexibility index (Phi) is 6.76. The topological polar surface area (TPSA) is 67.4 Å². The molecule has 258 valence electrons. The van der Waals surface area contributed by atoms with Crippen LogP contribution in [0.5, 0.6) is 0 Å². The zero-order valence-electron chi connectivity index (χ0n) is 30.1. The lowest BCUT2D eigenvalue weighted by Gasteiger charge is -2.23. The number of hydrogen-bond acceptors (Lipinski definition) is 5. The Morgan fingerprint density at radius 2 is 1.16 bits per heavy atom. The number of hydrogen-bond donors (Lipinski definition) is 0. The first kappa shape index (κ1) is 31.6. The highest BCUT2D eigenvalue weighted by Gasteiger charge is 2.40. The van der Waals surface area contributed by atoms with Crippen LogP contribution >= 0.6 is 11.3 Å². The van der Waals surface area contributed by atoms with E-state index < -0.39 is 0 Å². The summed E-state index contributed by atoms with van der Waals surface area (Å²) in [6.45, 7) is 4.78. The van der Waals surface area contributed by atoms with Crippen LogP contribution in [0, 0.1) is 11.3 Å². The second kappa shape index (κ2) is 11.8. The van der Waals surface area contributed by atoms with Gasteiger partial charge in [0.1, 0.15) is 0 Å². The fourth-order valence-electron chi connectivity index (χ4n) is 8.77. The van der Waals surface area contributed by atoms with Crippen molar-refractivity contribution in [1.29, 1.82) is 5.26 Å². The van der Waals surface area contributed by atoms with Crippen molar-refractivity contribution in [3.8, 4) is 57.0 Å². The number of para-hydroxylation sites is 1. The first-order valence-electron chi connectivity index (χ1n) is 18.4. The highest BCUT2D eigenvalue weighted by Crippen LogP contribution is 2.58. The molecule has 0 saturated heterocycles. The molecular weight excluding hydrogens is 691 g/mol. The summed E-state index contributed by atoms with van der Waals surface area (Å²) in [6, 6.07) is 54.9. The summed E-state index contributed by atoms with van der Waals surface area (Å²) in [5, 5.41) is 14.6. The molecule has 1 aliphatic carbocycles. The summed E-state index contributed by atoms with van der Waals surface area (Å²) >= 11 is 1.89. The zero-order chi connectivity index (χ0) is 36.8. The molecular formula is C49H31N5S. The van der Waals surface area contributed by atoms with E-state index >= 15 is 0 Å². The molecule has 3 heterocycles. The predicted octanol–water partition coefficient (Wildman–Crippen LogP) is 12.5. The first-order chi connectivity index (χ1) is 27.0. The van der Waals surface area contributed by atoms with E-state index in [1.807, 2.05) is 53.8 Å². The van der Waals surface area contributed by atoms with Crippen molar-refractivity contribution in [2.45, 2.75) is 19.3 Å². The van der Waals surface area contributed by atoms with Crippen LogP contribution in [0.3, 0.4) is 0 Å². The third-order valence-electron chi connectivity index (χ3n) is 11.3. The Balaban J connectivity index is 1.16. The van der Waals surface area contributed by atoms with E-state index in [-0.39, 0.29) is 5.41 Å². The van der Waals surface area contributed by atoms with Gasteiger partial charge in [0, 0.05) is 54.0 Å². The van der Waals surface area contributed by atoms with Crippen LogP contribution in [0.1, 0.15) is 30.5 Å². The Morgan fingerprint density at radius 3 is 1.87 bits per heavy atom. The Morgan fingerprint density at radius 1 is 0.582 bits per heavy atom. The molecule has 3 aromatic heterocycles. The van der Waals surface area contributed by atoms with Crippen LogP contribution in [0.2, 0.25) is 0 Å². The molecule has 11 rings (SSSR count). The maximum atomic E-state index is 9.39. The van der Waals surface area contributed by atoms with Crippen molar-refractivity contribution >= 4 is 53.3 Å². The van der Waals surface area contributed by atoms with Gasteiger partial charge < -0.3 is 4.57 Å². The fraction of sp³-hybridized carbons (Fsp3) is 0.0612. The van der Waals surface area contributed by atoms with E-state index in [1.165, 1.54) is 64.2 Å². The van der Waals surface area contributed by atoms with Crippen molar-refractivity contribution in [1.82, 2.24) is 19.5 Å². The van der Waals surface area contributed by atoms with E-state index in [0.29, 0.717) is 23.0 Å². The van der Waals surface area contributed by atoms with Gasteiger partial charge in [-0.3, -0.25) is 0 Å². The lowest BCUT2D eigenvalue weighted by molar-refractivity contribution is 0.667. The van der Waals surface area contributed by atoms with Gasteiger partial charge in [-0.25, -0.2) is 15.0 Å². The van der Waals surface area contributed by atoms with E-state index in [9.17, 15) is 5.26 Å². The van der Waals surface area contributed by atoms with Crippen LogP contribution in [0.4, 0.5) is 0 Å². The van der Waals surface area contributed by atoms with Gasteiger partial charge >= 0.3 is 0 Å². The molecule has 0 atom stereocenters. The summed E-state index contributed by atoms with van der Waals surface area (Å²) in [6.07, 6.45) is 0. The maximum absolute atomic E-state index is 9.39. The number of nitriles is 1. The molecule has 0 saturated carbocycles. The Bertz CT molecular complexity index is 3220. The van der Waals surface area contributed by atoms with E-state index in [4.69, 9.17) is 15.0 Å². The van der Waals surface area contributed by atoms with Crippen molar-refractivity contribution in [2.75, 3.05) is 0 Å². The largest absolute Gasteiger partial charge is 0.308 e. The second-order valence-corrected chi connectivity index (χ2v) is 15.8. The fourth-order valence-corrected chi connectivity index (χ4v) is 10.0. The third kappa shape index (κ3) is 4.60. The van der Waals surface area contributed by atoms with Crippen molar-refractivity contribution in [2.24, 2.45) is 0 Å². The van der Waals surface area contributed by atoms with E-state index in [1.54, 1.807) is 12.1 Å². The molecule has 55 heavy (non-hydrogen) atoms. The van der Waals surface area contributed by atoms with Gasteiger partial charge in [-0.1, -0.05) is 105 Å². The van der Waals surface area contributed by atoms with Gasteiger partial charge in [-0.05, 0) is 82.9 Å². The smallest absolute Gasteiger partial charge is 0.164 e. The maximum Gasteiger partial charge on any atom is 0.164 e. The summed E-state index contributed by atoms with van der Waals surface area (Å²) in [7, 11) is 0. The Hall–Kier alpha value is -6.94. The summed E-state index contributed by atoms with van der Waals surface area (Å²) < 4.78 is 5.07. The zero-order valence-corrected chi connectivity index (χ0v) is 30.9. The van der Waals surface area contributed by atoms with Gasteiger partial charge in [-0.15, -0.1) is 11.3 Å². The third-order valence-corrected chi connectivity index (χ3v) is 12.4. The van der Waals surface area contributed by atoms with Gasteiger partial charge in [0.15, 0.2) is 17.5 Å². The normalized spacial score (nSPS) is 13.0. The molecule has 0 fully saturated rings. The minimum atomic E-state index is -0.192. The molecule has 6 heteroatoms. The SMILES string of the molecule is CC1(C)c2ccccc2-c2c1c1c3ccccc3n(-c3ccc(-c4nc(-c5ccccc5)nc(-c5ccc(C#N)cc5)n4)cc3)c1c1sc3ccccc3c21. The number of rotatable bonds is 4. The number of aromatic nitrogens is 4. The van der Waals surface area contributed by atoms with Crippen LogP contribution in [0.15, 0.2) is 152 Å². The molecule has 0 aliphatic heterocycles. The van der Waals surface area contributed by atoms with Crippen molar-refractivity contribution < 1.29 is 0 Å². The lowest BCUT2D eigenvalue weighted by Crippen LogP contribution is -2.15. The molecule has 0 unspecified atom stereocenters. The standard InChI is InChI=1S/C49H31N5S/c1-49(2)37-17-9-6-14-34(37)40-41-36-16-8-11-19-39(36)55-45(41)44-42(43(40)49)35-15-7-10-18-38(35)54(44)33-26-24-32(25-27-33)48-52-46(30-12-4-3-5-13-30)51-47(53-48)31-22-20-29(28-50)21-23-31/h3-27H,1-2H3. The summed E-state index contributed by atoms with van der Waals surface area (Å²) in [5.41, 5.74) is 12.0. The average molecular weight is 722 g/mol. The lowest BCUT2D eigenvalue weighted by atomic mass is 9.80. The average Bonchev–Trinajstić information content (AvgIpc) is 3.87. The van der Waals surface area contributed by atoms with Gasteiger partial charge in [0.2, 0.25) is 0 Å². The molecule has 0 spiro atoms. The highest BCUT2D eigenvalue weighted by atomic mass is 32.1. The highest BCUT2D eigenvalue weighted by molar-refractivity contribution is 7.26. The van der Waals surface area contributed by atoms with Crippen LogP contribution in [-0.4, -0.2) is 19.5 Å². The number of benzene rings is 7. The summed E-state index contributed by atoms with van der Waals surface area (Å²) in [5.74, 6) is 1.75. The number of fused-ring (bicyclic) bond motifs is 12. The molecule has 7 aromatic carbocycles. The predicted molar refractivity (Wildman–Crippen MR) is 226 cm³/mol. The molecule has 5 nitrogen and oxygen atoms in total. The minimum Gasteiger partial charge on any atom is -0.308 e. The number of thiophene rings is 1. The minimum absolute atomic E-state index is 0.192. The molecule has 0 radical (unpaired) electrons. The molecule has 0 amide bonds. The monoisotopic (exact) mass is 721 g/mol. The number of nitrogens with zero attached hydrogens (tertiary/aromatic N) is 5. The second-order valence-electron chi connectivity index (χ2n) is 14.7. The molecule has 0 bridgehead atoms. The van der Waals surface area contributed by atoms with E-state index in [0.717, 1.165) is 22.4 Å². The van der Waals surface area contributed by atoms with Crippen molar-refractivity contribution in [3.05, 3.63) is 168 Å². The van der Waals surface area contributed by atoms with Crippen LogP contribution in [-0.2, 0) is 5.41 Å². The Labute approximate surface area is 321 Å². The van der Waals surface area contributed by atoms with E-state index in [2.05, 4.69) is 122 Å².